The molecule has 10 nitrogen and oxygen atoms in total. The summed E-state index contributed by atoms with van der Waals surface area (Å²) >= 11 is 0. The predicted octanol–water partition coefficient (Wildman–Crippen LogP) is 2.41. The Morgan fingerprint density at radius 1 is 1.12 bits per heavy atom. The number of benzene rings is 1. The fraction of sp³-hybridized carbons (Fsp3) is 0.500. The van der Waals surface area contributed by atoms with Gasteiger partial charge in [0.05, 0.1) is 19.3 Å². The molecule has 0 bridgehead atoms. The van der Waals surface area contributed by atoms with Gasteiger partial charge in [0.15, 0.2) is 23.0 Å². The lowest BCUT2D eigenvalue weighted by Gasteiger charge is -2.32. The van der Waals surface area contributed by atoms with Crippen LogP contribution in [-0.4, -0.2) is 57.5 Å². The average molecular weight is 440 g/mol. The summed E-state index contributed by atoms with van der Waals surface area (Å²) in [6.07, 6.45) is 1.53. The second-order valence-corrected chi connectivity index (χ2v) is 7.78. The van der Waals surface area contributed by atoms with Crippen molar-refractivity contribution in [3.05, 3.63) is 35.9 Å². The van der Waals surface area contributed by atoms with E-state index in [4.69, 9.17) is 9.47 Å². The standard InChI is InChI=1S/C22H29N7O3/c1-4-31-18-7-6-17(14-19(18)32-5-2)15(3)23-22(30)16-10-12-28(13-11-16)21-9-8-20-24-26-27-29(20)25-21/h6-9,14-16H,4-5,10-13H2,1-3H3,(H,23,30)/t15-/m0/s1. The molecule has 1 N–H and O–H groups in total. The molecule has 2 aromatic heterocycles. The summed E-state index contributed by atoms with van der Waals surface area (Å²) < 4.78 is 12.8. The van der Waals surface area contributed by atoms with Gasteiger partial charge in [0.1, 0.15) is 0 Å². The zero-order chi connectivity index (χ0) is 22.5. The number of carbonyl (C=O) groups is 1. The Hall–Kier alpha value is -3.43. The lowest BCUT2D eigenvalue weighted by Crippen LogP contribution is -2.41. The van der Waals surface area contributed by atoms with E-state index in [0.717, 1.165) is 43.1 Å². The molecule has 0 unspecified atom stereocenters. The van der Waals surface area contributed by atoms with Gasteiger partial charge in [-0.15, -0.1) is 14.8 Å². The minimum absolute atomic E-state index is 0.0282. The quantitative estimate of drug-likeness (QED) is 0.570. The van der Waals surface area contributed by atoms with Gasteiger partial charge in [-0.05, 0) is 73.9 Å². The lowest BCUT2D eigenvalue weighted by molar-refractivity contribution is -0.126. The summed E-state index contributed by atoms with van der Waals surface area (Å²) in [4.78, 5) is 15.1. The second-order valence-electron chi connectivity index (χ2n) is 7.78. The number of fused-ring (bicyclic) bond motifs is 1. The first-order chi connectivity index (χ1) is 15.6. The summed E-state index contributed by atoms with van der Waals surface area (Å²) in [7, 11) is 0. The van der Waals surface area contributed by atoms with Crippen molar-refractivity contribution in [3.63, 3.8) is 0 Å². The monoisotopic (exact) mass is 439 g/mol. The van der Waals surface area contributed by atoms with Gasteiger partial charge < -0.3 is 19.7 Å². The number of nitrogens with one attached hydrogen (secondary N) is 1. The molecule has 10 heteroatoms. The lowest BCUT2D eigenvalue weighted by atomic mass is 9.95. The molecule has 0 spiro atoms. The van der Waals surface area contributed by atoms with Crippen LogP contribution in [0.25, 0.3) is 5.65 Å². The van der Waals surface area contributed by atoms with E-state index in [2.05, 4.69) is 30.8 Å². The molecule has 0 aliphatic carbocycles. The van der Waals surface area contributed by atoms with Gasteiger partial charge in [0, 0.05) is 19.0 Å². The predicted molar refractivity (Wildman–Crippen MR) is 119 cm³/mol. The van der Waals surface area contributed by atoms with Crippen LogP contribution in [0, 0.1) is 5.92 Å². The van der Waals surface area contributed by atoms with Crippen LogP contribution in [0.15, 0.2) is 30.3 Å². The smallest absolute Gasteiger partial charge is 0.223 e. The molecule has 3 aromatic rings. The van der Waals surface area contributed by atoms with E-state index in [0.29, 0.717) is 24.6 Å². The van der Waals surface area contributed by atoms with Crippen LogP contribution in [0.2, 0.25) is 0 Å². The summed E-state index contributed by atoms with van der Waals surface area (Å²) in [6, 6.07) is 9.45. The van der Waals surface area contributed by atoms with Crippen molar-refractivity contribution in [2.45, 2.75) is 39.7 Å². The molecule has 170 valence electrons. The van der Waals surface area contributed by atoms with Crippen LogP contribution in [0.3, 0.4) is 0 Å². The Bertz CT molecular complexity index is 1060. The number of nitrogens with zero attached hydrogens (tertiary/aromatic N) is 6. The number of rotatable bonds is 8. The molecule has 1 fully saturated rings. The van der Waals surface area contributed by atoms with Crippen LogP contribution in [0.4, 0.5) is 5.82 Å². The maximum atomic E-state index is 12.9. The van der Waals surface area contributed by atoms with Crippen molar-refractivity contribution in [2.75, 3.05) is 31.2 Å². The van der Waals surface area contributed by atoms with Crippen molar-refractivity contribution in [1.82, 2.24) is 30.6 Å². The number of tetrazole rings is 1. The van der Waals surface area contributed by atoms with Crippen LogP contribution in [0.5, 0.6) is 11.5 Å². The molecule has 1 aromatic carbocycles. The van der Waals surface area contributed by atoms with Crippen molar-refractivity contribution in [3.8, 4) is 11.5 Å². The third-order valence-electron chi connectivity index (χ3n) is 5.67. The molecule has 3 heterocycles. The highest BCUT2D eigenvalue weighted by molar-refractivity contribution is 5.79. The zero-order valence-corrected chi connectivity index (χ0v) is 18.7. The fourth-order valence-electron chi connectivity index (χ4n) is 3.93. The Labute approximate surface area is 186 Å². The van der Waals surface area contributed by atoms with Crippen LogP contribution in [0.1, 0.15) is 45.2 Å². The van der Waals surface area contributed by atoms with Gasteiger partial charge in [-0.3, -0.25) is 4.79 Å². The van der Waals surface area contributed by atoms with E-state index in [1.54, 1.807) is 0 Å². The Morgan fingerprint density at radius 2 is 1.88 bits per heavy atom. The van der Waals surface area contributed by atoms with Gasteiger partial charge in [-0.2, -0.15) is 0 Å². The third-order valence-corrected chi connectivity index (χ3v) is 5.67. The number of piperidine rings is 1. The number of hydrogen-bond acceptors (Lipinski definition) is 8. The fourth-order valence-corrected chi connectivity index (χ4v) is 3.93. The van der Waals surface area contributed by atoms with E-state index < -0.39 is 0 Å². The molecule has 4 rings (SSSR count). The van der Waals surface area contributed by atoms with E-state index in [-0.39, 0.29) is 17.9 Å². The molecule has 0 saturated carbocycles. The van der Waals surface area contributed by atoms with Crippen LogP contribution >= 0.6 is 0 Å². The number of aromatic nitrogens is 5. The first-order valence-electron chi connectivity index (χ1n) is 11.1. The summed E-state index contributed by atoms with van der Waals surface area (Å²) in [5.74, 6) is 2.29. The van der Waals surface area contributed by atoms with E-state index in [1.807, 2.05) is 51.1 Å². The number of carbonyl (C=O) groups excluding carboxylic acids is 1. The van der Waals surface area contributed by atoms with Gasteiger partial charge >= 0.3 is 0 Å². The van der Waals surface area contributed by atoms with Crippen molar-refractivity contribution in [1.29, 1.82) is 0 Å². The summed E-state index contributed by atoms with van der Waals surface area (Å²) in [5, 5.41) is 18.9. The Morgan fingerprint density at radius 3 is 2.62 bits per heavy atom. The van der Waals surface area contributed by atoms with Crippen molar-refractivity contribution in [2.24, 2.45) is 5.92 Å². The second kappa shape index (κ2) is 9.80. The van der Waals surface area contributed by atoms with E-state index in [9.17, 15) is 4.79 Å². The van der Waals surface area contributed by atoms with Crippen LogP contribution in [-0.2, 0) is 4.79 Å². The molecule has 1 aliphatic heterocycles. The van der Waals surface area contributed by atoms with Gasteiger partial charge in [-0.1, -0.05) is 6.07 Å². The van der Waals surface area contributed by atoms with Crippen molar-refractivity contribution < 1.29 is 14.3 Å². The number of anilines is 1. The normalized spacial score (nSPS) is 15.5. The number of ether oxygens (including phenoxy) is 2. The molecular weight excluding hydrogens is 410 g/mol. The molecule has 1 aliphatic rings. The van der Waals surface area contributed by atoms with Gasteiger partial charge in [0.2, 0.25) is 5.91 Å². The van der Waals surface area contributed by atoms with Crippen LogP contribution < -0.4 is 19.7 Å². The maximum Gasteiger partial charge on any atom is 0.223 e. The first-order valence-corrected chi connectivity index (χ1v) is 11.1. The highest BCUT2D eigenvalue weighted by atomic mass is 16.5. The molecule has 1 atom stereocenters. The minimum atomic E-state index is -0.126. The zero-order valence-electron chi connectivity index (χ0n) is 18.7. The summed E-state index contributed by atoms with van der Waals surface area (Å²) in [6.45, 7) is 8.51. The van der Waals surface area contributed by atoms with E-state index in [1.165, 1.54) is 4.63 Å². The van der Waals surface area contributed by atoms with Gasteiger partial charge in [-0.25, -0.2) is 0 Å². The third kappa shape index (κ3) is 4.74. The average Bonchev–Trinajstić information content (AvgIpc) is 3.28. The molecule has 1 amide bonds. The van der Waals surface area contributed by atoms with Crippen molar-refractivity contribution >= 4 is 17.4 Å². The SMILES string of the molecule is CCOc1ccc([C@H](C)NC(=O)C2CCN(c3ccc4nnnn4n3)CC2)cc1OCC. The van der Waals surface area contributed by atoms with E-state index >= 15 is 0 Å². The molecule has 1 saturated heterocycles. The Balaban J connectivity index is 1.34. The summed E-state index contributed by atoms with van der Waals surface area (Å²) in [5.41, 5.74) is 1.60. The first kappa shape index (κ1) is 21.8. The highest BCUT2D eigenvalue weighted by Crippen LogP contribution is 2.31. The number of amides is 1. The Kier molecular flexibility index (Phi) is 6.67. The molecular formula is C22H29N7O3. The van der Waals surface area contributed by atoms with Gasteiger partial charge in [0.25, 0.3) is 0 Å². The minimum Gasteiger partial charge on any atom is -0.490 e. The highest BCUT2D eigenvalue weighted by Gasteiger charge is 2.27. The number of hydrogen-bond donors (Lipinski definition) is 1. The molecule has 32 heavy (non-hydrogen) atoms. The topological polar surface area (TPSA) is 107 Å². The maximum absolute atomic E-state index is 12.9. The largest absolute Gasteiger partial charge is 0.490 e. The molecule has 0 radical (unpaired) electrons.